The van der Waals surface area contributed by atoms with E-state index in [1.807, 2.05) is 0 Å². The number of hydroxylamine groups is 2. The number of carbonyl (C=O) groups is 2. The van der Waals surface area contributed by atoms with E-state index in [2.05, 4.69) is 4.28 Å². The van der Waals surface area contributed by atoms with Crippen molar-refractivity contribution in [1.29, 1.82) is 0 Å². The maximum absolute atomic E-state index is 11.1. The van der Waals surface area contributed by atoms with Crippen LogP contribution in [0.1, 0.15) is 26.2 Å². The van der Waals surface area contributed by atoms with Gasteiger partial charge in [0, 0.05) is 12.8 Å². The molecule has 0 bridgehead atoms. The zero-order valence-electron chi connectivity index (χ0n) is 7.73. The molecule has 1 rings (SSSR count). The molecule has 0 aromatic rings. The van der Waals surface area contributed by atoms with Crippen molar-refractivity contribution in [3.8, 4) is 0 Å². The monoisotopic (exact) mass is 221 g/mol. The Morgan fingerprint density at radius 2 is 1.79 bits per heavy atom. The first kappa shape index (κ1) is 11.1. The predicted octanol–water partition coefficient (Wildman–Crippen LogP) is -0.193. The molecule has 6 nitrogen and oxygen atoms in total. The van der Waals surface area contributed by atoms with Crippen molar-refractivity contribution in [3.05, 3.63) is 0 Å². The molecule has 80 valence electrons. The first-order chi connectivity index (χ1) is 6.46. The average molecular weight is 221 g/mol. The zero-order chi connectivity index (χ0) is 10.8. The van der Waals surface area contributed by atoms with Crippen molar-refractivity contribution < 1.29 is 22.3 Å². The van der Waals surface area contributed by atoms with Crippen molar-refractivity contribution in [1.82, 2.24) is 5.06 Å². The molecule has 0 aliphatic carbocycles. The van der Waals surface area contributed by atoms with Gasteiger partial charge in [-0.1, -0.05) is 6.92 Å². The molecule has 2 amide bonds. The molecule has 1 fully saturated rings. The van der Waals surface area contributed by atoms with Crippen LogP contribution < -0.4 is 0 Å². The van der Waals surface area contributed by atoms with Gasteiger partial charge in [0.15, 0.2) is 0 Å². The first-order valence-corrected chi connectivity index (χ1v) is 5.82. The van der Waals surface area contributed by atoms with Gasteiger partial charge in [-0.2, -0.15) is 8.42 Å². The summed E-state index contributed by atoms with van der Waals surface area (Å²) in [6.45, 7) is 1.66. The van der Waals surface area contributed by atoms with Crippen LogP contribution in [0.2, 0.25) is 0 Å². The van der Waals surface area contributed by atoms with Crippen LogP contribution in [0.5, 0.6) is 0 Å². The Balaban J connectivity index is 2.68. The normalized spacial score (nSPS) is 17.9. The summed E-state index contributed by atoms with van der Waals surface area (Å²) >= 11 is 0. The quantitative estimate of drug-likeness (QED) is 0.614. The third-order valence-electron chi connectivity index (χ3n) is 1.65. The smallest absolute Gasteiger partial charge is 0.272 e. The van der Waals surface area contributed by atoms with Crippen LogP contribution in [0, 0.1) is 0 Å². The number of rotatable bonds is 4. The molecule has 0 N–H and O–H groups in total. The number of hydrogen-bond acceptors (Lipinski definition) is 5. The minimum atomic E-state index is -3.80. The van der Waals surface area contributed by atoms with Crippen molar-refractivity contribution in [2.75, 3.05) is 5.75 Å². The SMILES string of the molecule is CCCS(=O)(=O)ON1C(=O)CCC1=O. The summed E-state index contributed by atoms with van der Waals surface area (Å²) in [6.07, 6.45) is 0.402. The van der Waals surface area contributed by atoms with Gasteiger partial charge >= 0.3 is 0 Å². The molecule has 1 aliphatic rings. The Hall–Kier alpha value is -0.950. The van der Waals surface area contributed by atoms with E-state index >= 15 is 0 Å². The van der Waals surface area contributed by atoms with E-state index < -0.39 is 21.9 Å². The molecule has 0 atom stereocenters. The molecule has 0 aromatic heterocycles. The highest BCUT2D eigenvalue weighted by molar-refractivity contribution is 7.86. The largest absolute Gasteiger partial charge is 0.288 e. The molecule has 0 unspecified atom stereocenters. The molecular formula is C7H11NO5S. The van der Waals surface area contributed by atoms with Gasteiger partial charge in [-0.25, -0.2) is 0 Å². The fraction of sp³-hybridized carbons (Fsp3) is 0.714. The lowest BCUT2D eigenvalue weighted by molar-refractivity contribution is -0.163. The Labute approximate surface area is 81.9 Å². The maximum atomic E-state index is 11.1. The Morgan fingerprint density at radius 3 is 2.21 bits per heavy atom. The Morgan fingerprint density at radius 1 is 1.29 bits per heavy atom. The molecule has 0 radical (unpaired) electrons. The van der Waals surface area contributed by atoms with Gasteiger partial charge in [0.25, 0.3) is 21.9 Å². The molecule has 1 heterocycles. The zero-order valence-corrected chi connectivity index (χ0v) is 8.54. The van der Waals surface area contributed by atoms with Gasteiger partial charge < -0.3 is 0 Å². The van der Waals surface area contributed by atoms with Crippen LogP contribution in [0.15, 0.2) is 0 Å². The van der Waals surface area contributed by atoms with Crippen molar-refractivity contribution in [3.63, 3.8) is 0 Å². The van der Waals surface area contributed by atoms with Crippen LogP contribution in [-0.2, 0) is 24.0 Å². The standard InChI is InChI=1S/C7H11NO5S/c1-2-5-14(11,12)13-8-6(9)3-4-7(8)10/h2-5H2,1H3. The third-order valence-corrected chi connectivity index (χ3v) is 2.93. The lowest BCUT2D eigenvalue weighted by Gasteiger charge is -2.11. The maximum Gasteiger partial charge on any atom is 0.288 e. The first-order valence-electron chi connectivity index (χ1n) is 4.24. The van der Waals surface area contributed by atoms with Gasteiger partial charge in [0.2, 0.25) is 0 Å². The Kier molecular flexibility index (Phi) is 3.22. The highest BCUT2D eigenvalue weighted by Crippen LogP contribution is 2.14. The van der Waals surface area contributed by atoms with Gasteiger partial charge in [0.1, 0.15) is 0 Å². The lowest BCUT2D eigenvalue weighted by Crippen LogP contribution is -2.32. The van der Waals surface area contributed by atoms with Crippen LogP contribution in [0.4, 0.5) is 0 Å². The van der Waals surface area contributed by atoms with E-state index in [1.165, 1.54) is 0 Å². The van der Waals surface area contributed by atoms with E-state index in [4.69, 9.17) is 0 Å². The average Bonchev–Trinajstić information content (AvgIpc) is 2.35. The van der Waals surface area contributed by atoms with Gasteiger partial charge in [-0.05, 0) is 6.42 Å². The molecule has 14 heavy (non-hydrogen) atoms. The third kappa shape index (κ3) is 2.52. The molecule has 1 saturated heterocycles. The minimum absolute atomic E-state index is 0.0144. The van der Waals surface area contributed by atoms with Crippen LogP contribution in [0.25, 0.3) is 0 Å². The van der Waals surface area contributed by atoms with E-state index in [0.717, 1.165) is 0 Å². The van der Waals surface area contributed by atoms with Gasteiger partial charge in [0.05, 0.1) is 5.75 Å². The second-order valence-electron chi connectivity index (χ2n) is 2.92. The Bertz CT molecular complexity index is 331. The fourth-order valence-corrected chi connectivity index (χ4v) is 2.01. The molecular weight excluding hydrogens is 210 g/mol. The van der Waals surface area contributed by atoms with Gasteiger partial charge in [-0.3, -0.25) is 9.59 Å². The molecule has 0 saturated carbocycles. The summed E-state index contributed by atoms with van der Waals surface area (Å²) in [4.78, 5) is 22.0. The van der Waals surface area contributed by atoms with Crippen molar-refractivity contribution in [2.45, 2.75) is 26.2 Å². The lowest BCUT2D eigenvalue weighted by atomic mass is 10.4. The molecule has 1 aliphatic heterocycles. The topological polar surface area (TPSA) is 80.8 Å². The minimum Gasteiger partial charge on any atom is -0.272 e. The summed E-state index contributed by atoms with van der Waals surface area (Å²) in [6, 6.07) is 0. The highest BCUT2D eigenvalue weighted by atomic mass is 32.2. The summed E-state index contributed by atoms with van der Waals surface area (Å²) in [5, 5.41) is 0.338. The number of amides is 2. The van der Waals surface area contributed by atoms with Gasteiger partial charge in [-0.15, -0.1) is 9.35 Å². The van der Waals surface area contributed by atoms with E-state index in [9.17, 15) is 18.0 Å². The second kappa shape index (κ2) is 4.05. The summed E-state index contributed by atoms with van der Waals surface area (Å²) in [5.41, 5.74) is 0. The number of hydrogen-bond donors (Lipinski definition) is 0. The molecule has 0 spiro atoms. The van der Waals surface area contributed by atoms with Crippen molar-refractivity contribution >= 4 is 21.9 Å². The number of imide groups is 1. The van der Waals surface area contributed by atoms with E-state index in [0.29, 0.717) is 11.5 Å². The summed E-state index contributed by atoms with van der Waals surface area (Å²) in [7, 11) is -3.80. The summed E-state index contributed by atoms with van der Waals surface area (Å²) < 4.78 is 26.6. The van der Waals surface area contributed by atoms with Crippen molar-refractivity contribution in [2.24, 2.45) is 0 Å². The van der Waals surface area contributed by atoms with E-state index in [1.54, 1.807) is 6.92 Å². The van der Waals surface area contributed by atoms with Crippen LogP contribution in [0.3, 0.4) is 0 Å². The van der Waals surface area contributed by atoms with Crippen LogP contribution >= 0.6 is 0 Å². The van der Waals surface area contributed by atoms with E-state index in [-0.39, 0.29) is 18.6 Å². The molecule has 7 heteroatoms. The second-order valence-corrected chi connectivity index (χ2v) is 4.59. The number of nitrogens with zero attached hydrogens (tertiary/aromatic N) is 1. The molecule has 0 aromatic carbocycles. The highest BCUT2D eigenvalue weighted by Gasteiger charge is 2.33. The van der Waals surface area contributed by atoms with Crippen LogP contribution in [-0.4, -0.2) is 31.0 Å². The number of carbonyl (C=O) groups excluding carboxylic acids is 2. The predicted molar refractivity (Wildman–Crippen MR) is 46.2 cm³/mol. The fourth-order valence-electron chi connectivity index (χ4n) is 1.04. The summed E-state index contributed by atoms with van der Waals surface area (Å²) in [5.74, 6) is -1.41.